The number of imide groups is 1. The second-order valence-corrected chi connectivity index (χ2v) is 7.36. The zero-order valence-corrected chi connectivity index (χ0v) is 15.5. The highest BCUT2D eigenvalue weighted by Gasteiger charge is 2.41. The Hall–Kier alpha value is -2.93. The summed E-state index contributed by atoms with van der Waals surface area (Å²) in [4.78, 5) is 49.9. The van der Waals surface area contributed by atoms with Crippen molar-refractivity contribution in [3.05, 3.63) is 65.7 Å². The molecule has 0 aromatic heterocycles. The van der Waals surface area contributed by atoms with Crippen LogP contribution in [0, 0.1) is 6.92 Å². The molecule has 2 aromatic rings. The van der Waals surface area contributed by atoms with Crippen LogP contribution in [0.4, 0.5) is 10.5 Å². The van der Waals surface area contributed by atoms with E-state index >= 15 is 0 Å². The van der Waals surface area contributed by atoms with E-state index in [0.29, 0.717) is 11.3 Å². The molecule has 1 saturated heterocycles. The number of nitrogens with zero attached hydrogens (tertiary/aromatic N) is 1. The molecule has 7 heteroatoms. The summed E-state index contributed by atoms with van der Waals surface area (Å²) in [7, 11) is 0. The fourth-order valence-electron chi connectivity index (χ4n) is 2.66. The molecule has 1 unspecified atom stereocenters. The summed E-state index contributed by atoms with van der Waals surface area (Å²) >= 11 is 0.792. The maximum Gasteiger partial charge on any atom is 0.289 e. The molecule has 1 fully saturated rings. The van der Waals surface area contributed by atoms with E-state index in [-0.39, 0.29) is 18.7 Å². The Kier molecular flexibility index (Phi) is 5.71. The number of aryl methyl sites for hydroxylation is 1. The van der Waals surface area contributed by atoms with Crippen molar-refractivity contribution in [1.82, 2.24) is 4.90 Å². The van der Waals surface area contributed by atoms with Crippen LogP contribution in [0.25, 0.3) is 0 Å². The van der Waals surface area contributed by atoms with Crippen molar-refractivity contribution >= 4 is 40.3 Å². The van der Waals surface area contributed by atoms with Crippen molar-refractivity contribution in [1.29, 1.82) is 0 Å². The van der Waals surface area contributed by atoms with E-state index in [9.17, 15) is 19.2 Å². The lowest BCUT2D eigenvalue weighted by Crippen LogP contribution is -2.38. The fraction of sp³-hybridized carbons (Fsp3) is 0.200. The van der Waals surface area contributed by atoms with Crippen molar-refractivity contribution in [2.45, 2.75) is 18.6 Å². The molecule has 3 rings (SSSR count). The Labute approximate surface area is 160 Å². The zero-order valence-electron chi connectivity index (χ0n) is 14.7. The summed E-state index contributed by atoms with van der Waals surface area (Å²) < 4.78 is 0. The molecular formula is C20H18N2O4S. The molecule has 3 amide bonds. The number of thioether (sulfide) groups is 1. The van der Waals surface area contributed by atoms with E-state index in [1.165, 1.54) is 0 Å². The van der Waals surface area contributed by atoms with Crippen LogP contribution >= 0.6 is 11.8 Å². The molecule has 1 aliphatic rings. The van der Waals surface area contributed by atoms with E-state index < -0.39 is 22.3 Å². The van der Waals surface area contributed by atoms with E-state index in [4.69, 9.17) is 0 Å². The van der Waals surface area contributed by atoms with Gasteiger partial charge in [-0.15, -0.1) is 0 Å². The number of anilines is 1. The topological polar surface area (TPSA) is 83.6 Å². The van der Waals surface area contributed by atoms with Crippen molar-refractivity contribution in [2.75, 3.05) is 11.9 Å². The van der Waals surface area contributed by atoms with Gasteiger partial charge in [0.1, 0.15) is 11.8 Å². The highest BCUT2D eigenvalue weighted by Crippen LogP contribution is 2.30. The van der Waals surface area contributed by atoms with Crippen LogP contribution in [-0.2, 0) is 9.59 Å². The lowest BCUT2D eigenvalue weighted by Gasteiger charge is -2.13. The van der Waals surface area contributed by atoms with Crippen LogP contribution in [-0.4, -0.2) is 39.5 Å². The van der Waals surface area contributed by atoms with E-state index in [1.807, 2.05) is 19.1 Å². The monoisotopic (exact) mass is 382 g/mol. The number of amides is 3. The average Bonchev–Trinajstić information content (AvgIpc) is 2.91. The molecule has 1 N–H and O–H groups in total. The van der Waals surface area contributed by atoms with Gasteiger partial charge in [0.05, 0.1) is 0 Å². The number of carbonyl (C=O) groups is 4. The van der Waals surface area contributed by atoms with Crippen molar-refractivity contribution in [2.24, 2.45) is 0 Å². The Morgan fingerprint density at radius 2 is 1.70 bits per heavy atom. The number of hydrogen-bond acceptors (Lipinski definition) is 5. The molecule has 2 aromatic carbocycles. The lowest BCUT2D eigenvalue weighted by molar-refractivity contribution is -0.130. The number of benzene rings is 2. The molecule has 0 aliphatic carbocycles. The van der Waals surface area contributed by atoms with Crippen molar-refractivity contribution < 1.29 is 19.2 Å². The molecule has 0 saturated carbocycles. The molecule has 1 aliphatic heterocycles. The first-order valence-electron chi connectivity index (χ1n) is 8.41. The maximum atomic E-state index is 12.5. The smallest absolute Gasteiger partial charge is 0.289 e. The largest absolute Gasteiger partial charge is 0.325 e. The lowest BCUT2D eigenvalue weighted by atomic mass is 10.1. The number of carbonyl (C=O) groups excluding carboxylic acids is 4. The average molecular weight is 382 g/mol. The number of nitrogens with one attached hydrogen (secondary N) is 1. The van der Waals surface area contributed by atoms with Crippen LogP contribution in [0.15, 0.2) is 54.6 Å². The van der Waals surface area contributed by atoms with Gasteiger partial charge in [0.15, 0.2) is 5.78 Å². The Balaban J connectivity index is 1.59. The number of ketones is 1. The molecule has 0 spiro atoms. The van der Waals surface area contributed by atoms with Gasteiger partial charge in [-0.25, -0.2) is 0 Å². The first-order chi connectivity index (χ1) is 12.9. The number of hydrogen-bond donors (Lipinski definition) is 1. The van der Waals surface area contributed by atoms with Gasteiger partial charge >= 0.3 is 0 Å². The second kappa shape index (κ2) is 8.18. The van der Waals surface area contributed by atoms with Gasteiger partial charge in [0.2, 0.25) is 11.8 Å². The molecule has 1 heterocycles. The molecule has 27 heavy (non-hydrogen) atoms. The van der Waals surface area contributed by atoms with Gasteiger partial charge in [-0.1, -0.05) is 59.8 Å². The number of rotatable bonds is 6. The molecule has 0 radical (unpaired) electrons. The Morgan fingerprint density at radius 3 is 2.37 bits per heavy atom. The molecule has 138 valence electrons. The molecule has 6 nitrogen and oxygen atoms in total. The van der Waals surface area contributed by atoms with E-state index in [0.717, 1.165) is 22.2 Å². The van der Waals surface area contributed by atoms with Crippen LogP contribution in [0.1, 0.15) is 22.3 Å². The van der Waals surface area contributed by atoms with Crippen LogP contribution < -0.4 is 5.32 Å². The maximum absolute atomic E-state index is 12.5. The predicted molar refractivity (Wildman–Crippen MR) is 104 cm³/mol. The van der Waals surface area contributed by atoms with Crippen LogP contribution in [0.2, 0.25) is 0 Å². The number of Topliss-reactive ketones (excluding diaryl/α,β-unsaturated/α-hetero) is 1. The van der Waals surface area contributed by atoms with Crippen LogP contribution in [0.3, 0.4) is 0 Å². The minimum Gasteiger partial charge on any atom is -0.325 e. The summed E-state index contributed by atoms with van der Waals surface area (Å²) in [6.07, 6.45) is -0.0741. The summed E-state index contributed by atoms with van der Waals surface area (Å²) in [5, 5.41) is 1.35. The highest BCUT2D eigenvalue weighted by atomic mass is 32.2. The van der Waals surface area contributed by atoms with Crippen molar-refractivity contribution in [3.63, 3.8) is 0 Å². The minimum atomic E-state index is -0.794. The minimum absolute atomic E-state index is 0.0741. The highest BCUT2D eigenvalue weighted by molar-refractivity contribution is 8.15. The molecular weight excluding hydrogens is 364 g/mol. The fourth-order valence-corrected chi connectivity index (χ4v) is 3.65. The summed E-state index contributed by atoms with van der Waals surface area (Å²) in [6, 6.07) is 15.8. The SMILES string of the molecule is Cc1ccc(NC(=O)CN2C(=O)SC(CC(=O)c3ccccc3)C2=O)cc1. The van der Waals surface area contributed by atoms with E-state index in [1.54, 1.807) is 42.5 Å². The summed E-state index contributed by atoms with van der Waals surface area (Å²) in [6.45, 7) is 1.57. The summed E-state index contributed by atoms with van der Waals surface area (Å²) in [5.74, 6) is -1.18. The normalized spacial score (nSPS) is 16.5. The third-order valence-electron chi connectivity index (χ3n) is 4.11. The standard InChI is InChI=1S/C20H18N2O4S/c1-13-7-9-15(10-8-13)21-18(24)12-22-19(25)17(27-20(22)26)11-16(23)14-5-3-2-4-6-14/h2-10,17H,11-12H2,1H3,(H,21,24). The third-order valence-corrected chi connectivity index (χ3v) is 5.18. The molecule has 1 atom stereocenters. The Bertz CT molecular complexity index is 881. The predicted octanol–water partition coefficient (Wildman–Crippen LogP) is 3.27. The van der Waals surface area contributed by atoms with E-state index in [2.05, 4.69) is 5.32 Å². The van der Waals surface area contributed by atoms with Gasteiger partial charge < -0.3 is 5.32 Å². The first kappa shape index (κ1) is 18.8. The third kappa shape index (κ3) is 4.62. The van der Waals surface area contributed by atoms with Gasteiger partial charge in [-0.05, 0) is 19.1 Å². The summed E-state index contributed by atoms with van der Waals surface area (Å²) in [5.41, 5.74) is 2.14. The Morgan fingerprint density at radius 1 is 1.04 bits per heavy atom. The van der Waals surface area contributed by atoms with Gasteiger partial charge in [0, 0.05) is 17.7 Å². The molecule has 0 bridgehead atoms. The van der Waals surface area contributed by atoms with Gasteiger partial charge in [-0.2, -0.15) is 0 Å². The van der Waals surface area contributed by atoms with Crippen molar-refractivity contribution in [3.8, 4) is 0 Å². The van der Waals surface area contributed by atoms with Gasteiger partial charge in [-0.3, -0.25) is 24.1 Å². The first-order valence-corrected chi connectivity index (χ1v) is 9.29. The quantitative estimate of drug-likeness (QED) is 0.775. The van der Waals surface area contributed by atoms with Crippen LogP contribution in [0.5, 0.6) is 0 Å². The van der Waals surface area contributed by atoms with Gasteiger partial charge in [0.25, 0.3) is 5.24 Å². The second-order valence-electron chi connectivity index (χ2n) is 6.20. The zero-order chi connectivity index (χ0) is 19.4.